The van der Waals surface area contributed by atoms with Crippen molar-refractivity contribution in [2.45, 2.75) is 13.8 Å². The van der Waals surface area contributed by atoms with Crippen molar-refractivity contribution >= 4 is 63.8 Å². The number of ketones is 1. The van der Waals surface area contributed by atoms with E-state index in [1.807, 2.05) is 0 Å². The Morgan fingerprint density at radius 1 is 0.812 bits per heavy atom. The van der Waals surface area contributed by atoms with Gasteiger partial charge in [-0.2, -0.15) is 0 Å². The Morgan fingerprint density at radius 2 is 1.00 bits per heavy atom. The number of phenols is 1. The van der Waals surface area contributed by atoms with Crippen LogP contribution in [0.3, 0.4) is 0 Å². The molecule has 0 spiro atoms. The topological polar surface area (TPSA) is 37.3 Å². The Morgan fingerprint density at radius 3 is 1.25 bits per heavy atom. The van der Waals surface area contributed by atoms with Gasteiger partial charge >= 0.3 is 0 Å². The summed E-state index contributed by atoms with van der Waals surface area (Å²) in [6, 6.07) is 0. The highest BCUT2D eigenvalue weighted by atomic mass is 35.5. The third kappa shape index (κ3) is 4.19. The molecule has 1 rings (SSSR count). The second-order valence-electron chi connectivity index (χ2n) is 2.83. The number of Topliss-reactive ketones (excluding diaryl/α,β-unsaturated/α-hetero) is 1. The molecule has 0 saturated heterocycles. The highest BCUT2D eigenvalue weighted by Gasteiger charge is 2.18. The zero-order valence-corrected chi connectivity index (χ0v) is 12.0. The average Bonchev–Trinajstić information content (AvgIpc) is 2.20. The van der Waals surface area contributed by atoms with Gasteiger partial charge in [0.1, 0.15) is 15.8 Å². The Balaban J connectivity index is 0.000000487. The van der Waals surface area contributed by atoms with Crippen molar-refractivity contribution in [2.75, 3.05) is 0 Å². The van der Waals surface area contributed by atoms with Gasteiger partial charge < -0.3 is 9.90 Å². The summed E-state index contributed by atoms with van der Waals surface area (Å²) in [7, 11) is 0. The number of hydrogen-bond donors (Lipinski definition) is 1. The number of aromatic hydroxyl groups is 1. The van der Waals surface area contributed by atoms with Crippen LogP contribution in [0.2, 0.25) is 25.1 Å². The van der Waals surface area contributed by atoms with E-state index in [-0.39, 0.29) is 36.6 Å². The fraction of sp³-hybridized carbons (Fsp3) is 0.222. The second kappa shape index (κ2) is 6.77. The van der Waals surface area contributed by atoms with Gasteiger partial charge in [-0.3, -0.25) is 0 Å². The third-order valence-electron chi connectivity index (χ3n) is 1.19. The van der Waals surface area contributed by atoms with Gasteiger partial charge in [0.2, 0.25) is 0 Å². The Kier molecular flexibility index (Phi) is 6.83. The maximum Gasteiger partial charge on any atom is 0.155 e. The number of benzene rings is 1. The van der Waals surface area contributed by atoms with Crippen LogP contribution in [-0.4, -0.2) is 10.9 Å². The summed E-state index contributed by atoms with van der Waals surface area (Å²) < 4.78 is 0. The molecule has 7 heteroatoms. The van der Waals surface area contributed by atoms with Crippen molar-refractivity contribution in [1.82, 2.24) is 0 Å². The first-order valence-electron chi connectivity index (χ1n) is 3.87. The summed E-state index contributed by atoms with van der Waals surface area (Å²) >= 11 is 27.9. The maximum absolute atomic E-state index is 9.44. The minimum Gasteiger partial charge on any atom is -0.505 e. The normalized spacial score (nSPS) is 9.44. The van der Waals surface area contributed by atoms with Gasteiger partial charge in [-0.1, -0.05) is 58.0 Å². The monoisotopic (exact) mass is 322 g/mol. The second-order valence-corrected chi connectivity index (χ2v) is 4.72. The molecule has 0 aliphatic rings. The summed E-state index contributed by atoms with van der Waals surface area (Å²) in [5.74, 6) is -0.197. The molecule has 0 heterocycles. The zero-order valence-electron chi connectivity index (χ0n) is 8.25. The van der Waals surface area contributed by atoms with Crippen LogP contribution in [0, 0.1) is 0 Å². The summed E-state index contributed by atoms with van der Waals surface area (Å²) in [6.07, 6.45) is 0. The van der Waals surface area contributed by atoms with E-state index < -0.39 is 0 Å². The molecule has 0 saturated carbocycles. The lowest BCUT2D eigenvalue weighted by molar-refractivity contribution is -0.114. The van der Waals surface area contributed by atoms with Crippen molar-refractivity contribution in [3.63, 3.8) is 0 Å². The minimum atomic E-state index is -0.363. The van der Waals surface area contributed by atoms with Gasteiger partial charge in [-0.25, -0.2) is 0 Å². The van der Waals surface area contributed by atoms with Crippen LogP contribution in [-0.2, 0) is 4.79 Å². The molecule has 0 aliphatic heterocycles. The van der Waals surface area contributed by atoms with Gasteiger partial charge in [0.25, 0.3) is 0 Å². The smallest absolute Gasteiger partial charge is 0.155 e. The Labute approximate surface area is 118 Å². The first-order chi connectivity index (χ1) is 7.20. The number of rotatable bonds is 0. The fourth-order valence-corrected chi connectivity index (χ4v) is 1.72. The van der Waals surface area contributed by atoms with E-state index in [1.54, 1.807) is 0 Å². The van der Waals surface area contributed by atoms with E-state index >= 15 is 0 Å². The highest BCUT2D eigenvalue weighted by molar-refractivity contribution is 6.55. The first-order valence-corrected chi connectivity index (χ1v) is 5.76. The lowest BCUT2D eigenvalue weighted by atomic mass is 10.3. The average molecular weight is 324 g/mol. The SMILES string of the molecule is CC(C)=O.Oc1c(Cl)c(Cl)c(Cl)c(Cl)c1Cl. The molecule has 16 heavy (non-hydrogen) atoms. The van der Waals surface area contributed by atoms with Crippen LogP contribution in [0.4, 0.5) is 0 Å². The van der Waals surface area contributed by atoms with Crippen LogP contribution in [0.25, 0.3) is 0 Å². The molecule has 2 nitrogen and oxygen atoms in total. The lowest BCUT2D eigenvalue weighted by Crippen LogP contribution is -1.78. The van der Waals surface area contributed by atoms with Crippen LogP contribution in [0.1, 0.15) is 13.8 Å². The molecule has 0 unspecified atom stereocenters. The highest BCUT2D eigenvalue weighted by Crippen LogP contribution is 2.47. The molecule has 0 radical (unpaired) electrons. The zero-order chi connectivity index (χ0) is 13.0. The molecular weight excluding hydrogens is 317 g/mol. The molecule has 1 aromatic carbocycles. The molecule has 90 valence electrons. The van der Waals surface area contributed by atoms with Gasteiger partial charge in [-0.05, 0) is 13.8 Å². The standard InChI is InChI=1S/C6HCl5O.C3H6O/c7-1-2(8)4(10)6(12)5(11)3(1)9;1-3(2)4/h12H;1-2H3. The number of carbonyl (C=O) groups excluding carboxylic acids is 1. The summed E-state index contributed by atoms with van der Waals surface area (Å²) in [6.45, 7) is 3.06. The van der Waals surface area contributed by atoms with Gasteiger partial charge in [-0.15, -0.1) is 0 Å². The van der Waals surface area contributed by atoms with Gasteiger partial charge in [0.15, 0.2) is 5.75 Å². The summed E-state index contributed by atoms with van der Waals surface area (Å²) in [5.41, 5.74) is 0. The van der Waals surface area contributed by atoms with E-state index in [4.69, 9.17) is 58.0 Å². The molecule has 1 N–H and O–H groups in total. The van der Waals surface area contributed by atoms with Crippen molar-refractivity contribution < 1.29 is 9.90 Å². The first kappa shape index (κ1) is 16.1. The molecule has 0 fully saturated rings. The third-order valence-corrected chi connectivity index (χ3v) is 3.44. The van der Waals surface area contributed by atoms with E-state index in [2.05, 4.69) is 0 Å². The predicted octanol–water partition coefficient (Wildman–Crippen LogP) is 5.25. The quantitative estimate of drug-likeness (QED) is 0.522. The molecular formula is C9H7Cl5O2. The summed E-state index contributed by atoms with van der Waals surface area (Å²) in [5, 5.41) is 9.01. The van der Waals surface area contributed by atoms with Gasteiger partial charge in [0.05, 0.1) is 15.1 Å². The molecule has 0 atom stereocenters. The maximum atomic E-state index is 9.44. The van der Waals surface area contributed by atoms with Crippen molar-refractivity contribution in [1.29, 1.82) is 0 Å². The van der Waals surface area contributed by atoms with Gasteiger partial charge in [0, 0.05) is 0 Å². The molecule has 0 amide bonds. The molecule has 0 aromatic heterocycles. The summed E-state index contributed by atoms with van der Waals surface area (Å²) in [4.78, 5) is 9.44. The van der Waals surface area contributed by atoms with Crippen molar-refractivity contribution in [3.8, 4) is 5.75 Å². The fourth-order valence-electron chi connectivity index (χ4n) is 0.593. The molecule has 1 aromatic rings. The minimum absolute atomic E-state index is 0.00904. The largest absolute Gasteiger partial charge is 0.505 e. The Bertz CT molecular complexity index is 308. The van der Waals surface area contributed by atoms with Crippen LogP contribution in [0.15, 0.2) is 0 Å². The van der Waals surface area contributed by atoms with Crippen LogP contribution < -0.4 is 0 Å². The predicted molar refractivity (Wildman–Crippen MR) is 69.5 cm³/mol. The van der Waals surface area contributed by atoms with Crippen LogP contribution in [0.5, 0.6) is 5.75 Å². The van der Waals surface area contributed by atoms with E-state index in [0.29, 0.717) is 0 Å². The molecule has 0 bridgehead atoms. The number of carbonyl (C=O) groups is 1. The number of halogens is 5. The van der Waals surface area contributed by atoms with E-state index in [9.17, 15) is 9.90 Å². The molecule has 0 aliphatic carbocycles. The number of phenolic OH excluding ortho intramolecular Hbond substituents is 1. The van der Waals surface area contributed by atoms with Crippen molar-refractivity contribution in [3.05, 3.63) is 25.1 Å². The van der Waals surface area contributed by atoms with Crippen LogP contribution >= 0.6 is 58.0 Å². The number of hydrogen-bond acceptors (Lipinski definition) is 2. The van der Waals surface area contributed by atoms with Crippen molar-refractivity contribution in [2.24, 2.45) is 0 Å². The Hall–Kier alpha value is 0.140. The van der Waals surface area contributed by atoms with E-state index in [1.165, 1.54) is 13.8 Å². The lowest BCUT2D eigenvalue weighted by Gasteiger charge is -2.06. The van der Waals surface area contributed by atoms with E-state index in [0.717, 1.165) is 0 Å².